The first-order chi connectivity index (χ1) is 7.13. The summed E-state index contributed by atoms with van der Waals surface area (Å²) < 4.78 is 0. The highest BCUT2D eigenvalue weighted by Gasteiger charge is 2.09. The third-order valence-corrected chi connectivity index (χ3v) is 2.43. The fourth-order valence-corrected chi connectivity index (χ4v) is 1.20. The van der Waals surface area contributed by atoms with E-state index in [-0.39, 0.29) is 24.2 Å². The number of hydrogen-bond donors (Lipinski definition) is 2. The maximum atomic E-state index is 11.4. The van der Waals surface area contributed by atoms with E-state index in [9.17, 15) is 4.79 Å². The summed E-state index contributed by atoms with van der Waals surface area (Å²) in [6.45, 7) is 2.68. The van der Waals surface area contributed by atoms with Crippen molar-refractivity contribution in [2.24, 2.45) is 11.7 Å². The van der Waals surface area contributed by atoms with Gasteiger partial charge in [-0.1, -0.05) is 30.7 Å². The van der Waals surface area contributed by atoms with Gasteiger partial charge in [-0.3, -0.25) is 4.79 Å². The van der Waals surface area contributed by atoms with Crippen molar-refractivity contribution in [1.29, 1.82) is 0 Å². The van der Waals surface area contributed by atoms with E-state index in [1.807, 2.05) is 12.1 Å². The van der Waals surface area contributed by atoms with Gasteiger partial charge in [-0.05, 0) is 17.7 Å². The number of nitrogens with one attached hydrogen (secondary N) is 1. The van der Waals surface area contributed by atoms with Crippen molar-refractivity contribution in [2.45, 2.75) is 13.5 Å². The second-order valence-electron chi connectivity index (χ2n) is 3.48. The Balaban J connectivity index is 0.00000225. The quantitative estimate of drug-likeness (QED) is 0.872. The Morgan fingerprint density at radius 1 is 1.44 bits per heavy atom. The number of carbonyl (C=O) groups is 1. The summed E-state index contributed by atoms with van der Waals surface area (Å²) in [5.41, 5.74) is 6.41. The van der Waals surface area contributed by atoms with Gasteiger partial charge in [-0.15, -0.1) is 12.4 Å². The van der Waals surface area contributed by atoms with Crippen molar-refractivity contribution in [2.75, 3.05) is 6.54 Å². The second-order valence-corrected chi connectivity index (χ2v) is 3.92. The van der Waals surface area contributed by atoms with E-state index in [4.69, 9.17) is 17.3 Å². The van der Waals surface area contributed by atoms with Crippen molar-refractivity contribution in [3.63, 3.8) is 0 Å². The average Bonchev–Trinajstić information content (AvgIpc) is 2.26. The lowest BCUT2D eigenvalue weighted by molar-refractivity contribution is -0.124. The lowest BCUT2D eigenvalue weighted by Gasteiger charge is -2.09. The minimum absolute atomic E-state index is 0. The molecule has 0 aliphatic carbocycles. The van der Waals surface area contributed by atoms with Crippen LogP contribution in [0.3, 0.4) is 0 Å². The predicted octanol–water partition coefficient (Wildman–Crippen LogP) is 1.97. The summed E-state index contributed by atoms with van der Waals surface area (Å²) in [4.78, 5) is 11.4. The normalized spacial score (nSPS) is 11.4. The molecule has 0 aromatic heterocycles. The Hall–Kier alpha value is -0.770. The number of hydrogen-bond acceptors (Lipinski definition) is 2. The van der Waals surface area contributed by atoms with Crippen LogP contribution in [0.2, 0.25) is 5.02 Å². The van der Waals surface area contributed by atoms with Gasteiger partial charge in [0.2, 0.25) is 5.91 Å². The molecule has 1 amide bonds. The van der Waals surface area contributed by atoms with E-state index in [0.29, 0.717) is 18.1 Å². The van der Waals surface area contributed by atoms with Crippen molar-refractivity contribution in [1.82, 2.24) is 5.32 Å². The zero-order valence-electron chi connectivity index (χ0n) is 9.07. The lowest BCUT2D eigenvalue weighted by atomic mass is 10.1. The number of carbonyl (C=O) groups excluding carboxylic acids is 1. The molecule has 0 aliphatic rings. The lowest BCUT2D eigenvalue weighted by Crippen LogP contribution is -2.32. The Labute approximate surface area is 107 Å². The third kappa shape index (κ3) is 4.84. The van der Waals surface area contributed by atoms with Crippen molar-refractivity contribution in [3.8, 4) is 0 Å². The Morgan fingerprint density at radius 3 is 2.50 bits per heavy atom. The van der Waals surface area contributed by atoms with Gasteiger partial charge in [-0.25, -0.2) is 0 Å². The summed E-state index contributed by atoms with van der Waals surface area (Å²) in [7, 11) is 0. The van der Waals surface area contributed by atoms with Gasteiger partial charge in [0.15, 0.2) is 0 Å². The van der Waals surface area contributed by atoms with Crippen LogP contribution in [0.4, 0.5) is 0 Å². The van der Waals surface area contributed by atoms with Gasteiger partial charge in [0, 0.05) is 24.0 Å². The third-order valence-electron chi connectivity index (χ3n) is 2.18. The molecule has 1 rings (SSSR count). The molecule has 0 heterocycles. The molecule has 5 heteroatoms. The molecule has 0 radical (unpaired) electrons. The monoisotopic (exact) mass is 262 g/mol. The molecule has 0 bridgehead atoms. The summed E-state index contributed by atoms with van der Waals surface area (Å²) >= 11 is 5.74. The number of nitrogens with two attached hydrogens (primary N) is 1. The maximum Gasteiger partial charge on any atom is 0.224 e. The van der Waals surface area contributed by atoms with E-state index in [2.05, 4.69) is 5.32 Å². The van der Waals surface area contributed by atoms with E-state index in [1.54, 1.807) is 19.1 Å². The van der Waals surface area contributed by atoms with Crippen LogP contribution in [-0.4, -0.2) is 12.5 Å². The average molecular weight is 263 g/mol. The molecule has 1 aromatic carbocycles. The van der Waals surface area contributed by atoms with Gasteiger partial charge in [0.25, 0.3) is 0 Å². The summed E-state index contributed by atoms with van der Waals surface area (Å²) in [6, 6.07) is 7.37. The molecule has 3 N–H and O–H groups in total. The van der Waals surface area contributed by atoms with Crippen LogP contribution in [0.15, 0.2) is 24.3 Å². The fourth-order valence-electron chi connectivity index (χ4n) is 1.07. The molecule has 0 fully saturated rings. The van der Waals surface area contributed by atoms with Crippen LogP contribution in [0.25, 0.3) is 0 Å². The minimum atomic E-state index is -0.141. The highest BCUT2D eigenvalue weighted by atomic mass is 35.5. The Bertz CT molecular complexity index is 327. The molecule has 16 heavy (non-hydrogen) atoms. The molecule has 1 unspecified atom stereocenters. The highest BCUT2D eigenvalue weighted by molar-refractivity contribution is 6.30. The Morgan fingerprint density at radius 2 is 2.00 bits per heavy atom. The summed E-state index contributed by atoms with van der Waals surface area (Å²) in [6.07, 6.45) is 0. The summed E-state index contributed by atoms with van der Waals surface area (Å²) in [5.74, 6) is -0.162. The van der Waals surface area contributed by atoms with Gasteiger partial charge in [-0.2, -0.15) is 0 Å². The standard InChI is InChI=1S/C11H15ClN2O.ClH/c1-8(6-13)11(15)14-7-9-2-4-10(12)5-3-9;/h2-5,8H,6-7,13H2,1H3,(H,14,15);1H. The number of rotatable bonds is 4. The second kappa shape index (κ2) is 7.49. The predicted molar refractivity (Wildman–Crippen MR) is 68.8 cm³/mol. The van der Waals surface area contributed by atoms with Gasteiger partial charge in [0.1, 0.15) is 0 Å². The SMILES string of the molecule is CC(CN)C(=O)NCc1ccc(Cl)cc1.Cl. The molecule has 0 aliphatic heterocycles. The zero-order valence-corrected chi connectivity index (χ0v) is 10.6. The fraction of sp³-hybridized carbons (Fsp3) is 0.364. The number of amides is 1. The van der Waals surface area contributed by atoms with Crippen LogP contribution < -0.4 is 11.1 Å². The maximum absolute atomic E-state index is 11.4. The smallest absolute Gasteiger partial charge is 0.224 e. The molecule has 90 valence electrons. The highest BCUT2D eigenvalue weighted by Crippen LogP contribution is 2.09. The topological polar surface area (TPSA) is 55.1 Å². The van der Waals surface area contributed by atoms with Crippen molar-refractivity contribution < 1.29 is 4.79 Å². The molecular weight excluding hydrogens is 247 g/mol. The van der Waals surface area contributed by atoms with Crippen LogP contribution in [0, 0.1) is 5.92 Å². The molecule has 3 nitrogen and oxygen atoms in total. The van der Waals surface area contributed by atoms with E-state index in [1.165, 1.54) is 0 Å². The van der Waals surface area contributed by atoms with Gasteiger partial charge < -0.3 is 11.1 Å². The van der Waals surface area contributed by atoms with Crippen LogP contribution in [0.5, 0.6) is 0 Å². The van der Waals surface area contributed by atoms with Crippen LogP contribution in [0.1, 0.15) is 12.5 Å². The molecule has 1 aromatic rings. The number of halogens is 2. The first-order valence-electron chi connectivity index (χ1n) is 4.85. The molecule has 0 saturated carbocycles. The summed E-state index contributed by atoms with van der Waals surface area (Å²) in [5, 5.41) is 3.50. The minimum Gasteiger partial charge on any atom is -0.352 e. The first kappa shape index (κ1) is 15.2. The van der Waals surface area contributed by atoms with E-state index < -0.39 is 0 Å². The number of benzene rings is 1. The molecule has 0 saturated heterocycles. The van der Waals surface area contributed by atoms with E-state index in [0.717, 1.165) is 5.56 Å². The van der Waals surface area contributed by atoms with Crippen LogP contribution in [-0.2, 0) is 11.3 Å². The zero-order chi connectivity index (χ0) is 11.3. The molecule has 0 spiro atoms. The largest absolute Gasteiger partial charge is 0.352 e. The van der Waals surface area contributed by atoms with Gasteiger partial charge >= 0.3 is 0 Å². The van der Waals surface area contributed by atoms with E-state index >= 15 is 0 Å². The van der Waals surface area contributed by atoms with Crippen LogP contribution >= 0.6 is 24.0 Å². The molecular formula is C11H16Cl2N2O. The first-order valence-corrected chi connectivity index (χ1v) is 5.23. The Kier molecular flexibility index (Phi) is 7.13. The molecule has 1 atom stereocenters. The van der Waals surface area contributed by atoms with Crippen molar-refractivity contribution in [3.05, 3.63) is 34.9 Å². The van der Waals surface area contributed by atoms with Gasteiger partial charge in [0.05, 0.1) is 0 Å². The van der Waals surface area contributed by atoms with Crippen molar-refractivity contribution >= 4 is 29.9 Å².